The third-order valence-corrected chi connectivity index (χ3v) is 13.1. The molecule has 0 N–H and O–H groups in total. The molecule has 0 atom stereocenters. The minimum atomic E-state index is -0.0626. The molecular formula is C61H42N4. The van der Waals surface area contributed by atoms with Gasteiger partial charge in [0.2, 0.25) is 0 Å². The standard InChI is InChI=1S/C61H42N4/c1-61(2)53-27-13-12-24-49(53)50-34-32-45(37-54(50)61)39-28-30-43(31-29-39)59-63-58(42-20-10-5-11-21-42)64-60(65-59)47-23-14-22-44(36-47)46-33-35-51-55(38-46)62-57(41-18-8-4-9-19-41)52-26-15-25-48(56(51)52)40-16-6-3-7-17-40/h3-38H,1-2H3. The van der Waals surface area contributed by atoms with Gasteiger partial charge in [-0.1, -0.05) is 214 Å². The molecule has 0 fully saturated rings. The molecule has 65 heavy (non-hydrogen) atoms. The van der Waals surface area contributed by atoms with Crippen molar-refractivity contribution in [1.82, 2.24) is 19.9 Å². The maximum Gasteiger partial charge on any atom is 0.164 e. The summed E-state index contributed by atoms with van der Waals surface area (Å²) in [5.41, 5.74) is 17.9. The first-order valence-electron chi connectivity index (χ1n) is 22.2. The quantitative estimate of drug-likeness (QED) is 0.150. The Morgan fingerprint density at radius 2 is 0.785 bits per heavy atom. The fourth-order valence-corrected chi connectivity index (χ4v) is 9.79. The summed E-state index contributed by atoms with van der Waals surface area (Å²) < 4.78 is 0. The van der Waals surface area contributed by atoms with E-state index in [0.717, 1.165) is 60.9 Å². The van der Waals surface area contributed by atoms with Gasteiger partial charge in [0.25, 0.3) is 0 Å². The van der Waals surface area contributed by atoms with Crippen LogP contribution in [0.25, 0.3) is 112 Å². The molecule has 0 spiro atoms. The molecule has 0 bridgehead atoms. The van der Waals surface area contributed by atoms with Crippen LogP contribution in [0.1, 0.15) is 25.0 Å². The second-order valence-electron chi connectivity index (χ2n) is 17.4. The van der Waals surface area contributed by atoms with Crippen LogP contribution in [-0.2, 0) is 5.41 Å². The van der Waals surface area contributed by atoms with Crippen LogP contribution in [0, 0.1) is 0 Å². The van der Waals surface area contributed by atoms with Gasteiger partial charge in [-0.25, -0.2) is 19.9 Å². The normalized spacial score (nSPS) is 12.6. The van der Waals surface area contributed by atoms with Crippen LogP contribution in [0.2, 0.25) is 0 Å². The van der Waals surface area contributed by atoms with E-state index in [1.54, 1.807) is 0 Å². The van der Waals surface area contributed by atoms with Crippen molar-refractivity contribution in [2.75, 3.05) is 0 Å². The van der Waals surface area contributed by atoms with Crippen molar-refractivity contribution in [2.24, 2.45) is 0 Å². The summed E-state index contributed by atoms with van der Waals surface area (Å²) in [5, 5.41) is 3.45. The van der Waals surface area contributed by atoms with Gasteiger partial charge in [-0.2, -0.15) is 0 Å². The number of hydrogen-bond donors (Lipinski definition) is 0. The molecule has 0 unspecified atom stereocenters. The summed E-state index contributed by atoms with van der Waals surface area (Å²) in [7, 11) is 0. The molecule has 0 amide bonds. The van der Waals surface area contributed by atoms with Gasteiger partial charge in [-0.05, 0) is 73.8 Å². The molecule has 11 aromatic rings. The smallest absolute Gasteiger partial charge is 0.164 e. The number of fused-ring (bicyclic) bond motifs is 6. The lowest BCUT2D eigenvalue weighted by molar-refractivity contribution is 0.660. The molecular weight excluding hydrogens is 789 g/mol. The summed E-state index contributed by atoms with van der Waals surface area (Å²) in [4.78, 5) is 20.7. The lowest BCUT2D eigenvalue weighted by Gasteiger charge is -2.22. The molecule has 306 valence electrons. The Labute approximate surface area is 378 Å². The van der Waals surface area contributed by atoms with E-state index in [0.29, 0.717) is 17.5 Å². The fourth-order valence-electron chi connectivity index (χ4n) is 9.79. The van der Waals surface area contributed by atoms with E-state index in [-0.39, 0.29) is 5.41 Å². The lowest BCUT2D eigenvalue weighted by Crippen LogP contribution is -2.14. The van der Waals surface area contributed by atoms with Gasteiger partial charge in [0, 0.05) is 43.8 Å². The first-order chi connectivity index (χ1) is 32.0. The van der Waals surface area contributed by atoms with Crippen LogP contribution in [-0.4, -0.2) is 19.9 Å². The highest BCUT2D eigenvalue weighted by Crippen LogP contribution is 2.49. The molecule has 0 radical (unpaired) electrons. The Morgan fingerprint density at radius 3 is 1.52 bits per heavy atom. The maximum atomic E-state index is 5.39. The summed E-state index contributed by atoms with van der Waals surface area (Å²) in [6.45, 7) is 4.65. The van der Waals surface area contributed by atoms with E-state index in [1.807, 2.05) is 18.2 Å². The van der Waals surface area contributed by atoms with Gasteiger partial charge < -0.3 is 0 Å². The Hall–Kier alpha value is -8.34. The Balaban J connectivity index is 0.938. The van der Waals surface area contributed by atoms with E-state index in [1.165, 1.54) is 44.3 Å². The number of aromatic nitrogens is 4. The molecule has 1 aliphatic rings. The molecule has 1 aliphatic carbocycles. The average molecular weight is 831 g/mol. The first kappa shape index (κ1) is 38.3. The third-order valence-electron chi connectivity index (χ3n) is 13.1. The summed E-state index contributed by atoms with van der Waals surface area (Å²) in [6, 6.07) is 77.3. The van der Waals surface area contributed by atoms with E-state index in [9.17, 15) is 0 Å². The minimum absolute atomic E-state index is 0.0626. The molecule has 0 saturated carbocycles. The van der Waals surface area contributed by atoms with Gasteiger partial charge in [-0.15, -0.1) is 0 Å². The van der Waals surface area contributed by atoms with Gasteiger partial charge >= 0.3 is 0 Å². The lowest BCUT2D eigenvalue weighted by atomic mass is 9.81. The average Bonchev–Trinajstić information content (AvgIpc) is 3.61. The zero-order valence-corrected chi connectivity index (χ0v) is 36.1. The van der Waals surface area contributed by atoms with Crippen molar-refractivity contribution < 1.29 is 0 Å². The minimum Gasteiger partial charge on any atom is -0.247 e. The van der Waals surface area contributed by atoms with Crippen molar-refractivity contribution >= 4 is 21.7 Å². The Bertz CT molecular complexity index is 3600. The number of hydrogen-bond acceptors (Lipinski definition) is 4. The number of rotatable bonds is 7. The predicted octanol–water partition coefficient (Wildman–Crippen LogP) is 15.5. The predicted molar refractivity (Wildman–Crippen MR) is 268 cm³/mol. The van der Waals surface area contributed by atoms with Crippen LogP contribution in [0.3, 0.4) is 0 Å². The van der Waals surface area contributed by atoms with Crippen molar-refractivity contribution in [3.63, 3.8) is 0 Å². The van der Waals surface area contributed by atoms with Gasteiger partial charge in [0.15, 0.2) is 17.5 Å². The van der Waals surface area contributed by atoms with Crippen LogP contribution in [0.5, 0.6) is 0 Å². The van der Waals surface area contributed by atoms with Crippen molar-refractivity contribution in [1.29, 1.82) is 0 Å². The molecule has 4 heteroatoms. The molecule has 0 saturated heterocycles. The van der Waals surface area contributed by atoms with Gasteiger partial charge in [0.05, 0.1) is 11.2 Å². The topological polar surface area (TPSA) is 51.6 Å². The summed E-state index contributed by atoms with van der Waals surface area (Å²) in [5.74, 6) is 1.87. The molecule has 4 nitrogen and oxygen atoms in total. The van der Waals surface area contributed by atoms with E-state index in [4.69, 9.17) is 19.9 Å². The zero-order chi connectivity index (χ0) is 43.5. The highest BCUT2D eigenvalue weighted by molar-refractivity contribution is 6.17. The van der Waals surface area contributed by atoms with Crippen LogP contribution in [0.4, 0.5) is 0 Å². The fraction of sp³-hybridized carbons (Fsp3) is 0.0492. The van der Waals surface area contributed by atoms with Crippen molar-refractivity contribution in [3.8, 4) is 89.9 Å². The number of benzene rings is 9. The maximum absolute atomic E-state index is 5.39. The third kappa shape index (κ3) is 6.70. The number of nitrogens with zero attached hydrogens (tertiary/aromatic N) is 4. The monoisotopic (exact) mass is 830 g/mol. The highest BCUT2D eigenvalue weighted by Gasteiger charge is 2.35. The Morgan fingerprint density at radius 1 is 0.292 bits per heavy atom. The van der Waals surface area contributed by atoms with E-state index in [2.05, 4.69) is 214 Å². The Kier molecular flexibility index (Phi) is 9.13. The van der Waals surface area contributed by atoms with Crippen molar-refractivity contribution in [3.05, 3.63) is 230 Å². The van der Waals surface area contributed by atoms with E-state index >= 15 is 0 Å². The zero-order valence-electron chi connectivity index (χ0n) is 36.1. The highest BCUT2D eigenvalue weighted by atomic mass is 15.0. The summed E-state index contributed by atoms with van der Waals surface area (Å²) in [6.07, 6.45) is 0. The number of pyridine rings is 1. The van der Waals surface area contributed by atoms with Gasteiger partial charge in [0.1, 0.15) is 0 Å². The SMILES string of the molecule is CC1(C)c2ccccc2-c2ccc(-c3ccc(-c4nc(-c5ccccc5)nc(-c5cccc(-c6ccc7c(c6)nc(-c6ccccc6)c6cccc(-c8ccccc8)c67)c5)n4)cc3)cc21. The van der Waals surface area contributed by atoms with Gasteiger partial charge in [-0.3, -0.25) is 0 Å². The second-order valence-corrected chi connectivity index (χ2v) is 17.4. The molecule has 9 aromatic carbocycles. The van der Waals surface area contributed by atoms with E-state index < -0.39 is 0 Å². The first-order valence-corrected chi connectivity index (χ1v) is 22.2. The van der Waals surface area contributed by atoms with Crippen LogP contribution >= 0.6 is 0 Å². The second kappa shape index (κ2) is 15.5. The molecule has 12 rings (SSSR count). The molecule has 2 aromatic heterocycles. The van der Waals surface area contributed by atoms with Crippen LogP contribution in [0.15, 0.2) is 218 Å². The largest absolute Gasteiger partial charge is 0.247 e. The van der Waals surface area contributed by atoms with Crippen molar-refractivity contribution in [2.45, 2.75) is 19.3 Å². The molecule has 0 aliphatic heterocycles. The molecule has 2 heterocycles. The van der Waals surface area contributed by atoms with Crippen LogP contribution < -0.4 is 0 Å². The summed E-state index contributed by atoms with van der Waals surface area (Å²) >= 11 is 0.